The number of esters is 1. The van der Waals surface area contributed by atoms with Crippen LogP contribution in [0.15, 0.2) is 58.5 Å². The summed E-state index contributed by atoms with van der Waals surface area (Å²) in [6.07, 6.45) is 2.04. The van der Waals surface area contributed by atoms with E-state index < -0.39 is 5.97 Å². The Morgan fingerprint density at radius 2 is 1.92 bits per heavy atom. The predicted molar refractivity (Wildman–Crippen MR) is 108 cm³/mol. The summed E-state index contributed by atoms with van der Waals surface area (Å²) in [5.41, 5.74) is 1.50. The molecule has 0 N–H and O–H groups in total. The van der Waals surface area contributed by atoms with Crippen molar-refractivity contribution in [2.45, 2.75) is 5.16 Å². The molecule has 0 fully saturated rings. The highest BCUT2D eigenvalue weighted by molar-refractivity contribution is 8.02. The van der Waals surface area contributed by atoms with Gasteiger partial charge in [0.25, 0.3) is 5.56 Å². The maximum absolute atomic E-state index is 13.1. The maximum atomic E-state index is 13.1. The van der Waals surface area contributed by atoms with Gasteiger partial charge in [-0.15, -0.1) is 0 Å². The largest absolute Gasteiger partial charge is 0.465 e. The van der Waals surface area contributed by atoms with Crippen LogP contribution in [0.1, 0.15) is 10.4 Å². The third-order valence-corrected chi connectivity index (χ3v) is 5.60. The van der Waals surface area contributed by atoms with E-state index in [0.717, 1.165) is 17.2 Å². The Morgan fingerprint density at radius 1 is 1.15 bits per heavy atom. The summed E-state index contributed by atoms with van der Waals surface area (Å²) >= 11 is 3.27. The number of para-hydroxylation sites is 1. The minimum atomic E-state index is -0.447. The molecule has 0 atom stereocenters. The molecular weight excluding hydrogens is 368 g/mol. The van der Waals surface area contributed by atoms with Crippen molar-refractivity contribution in [3.8, 4) is 5.69 Å². The van der Waals surface area contributed by atoms with E-state index in [4.69, 9.17) is 4.74 Å². The standard InChI is InChI=1S/C19H18N2O3S2/c1-24-18(23)13-8-9-15-16(12-13)20-19(26-11-10-25-2)21(17(15)22)14-6-4-3-5-7-14/h3-9,12H,10-11H2,1-2H3. The van der Waals surface area contributed by atoms with Gasteiger partial charge in [-0.3, -0.25) is 9.36 Å². The minimum absolute atomic E-state index is 0.149. The van der Waals surface area contributed by atoms with Crippen molar-refractivity contribution in [2.24, 2.45) is 0 Å². The second-order valence-electron chi connectivity index (χ2n) is 5.44. The van der Waals surface area contributed by atoms with Crippen molar-refractivity contribution in [3.05, 3.63) is 64.4 Å². The summed E-state index contributed by atoms with van der Waals surface area (Å²) in [5.74, 6) is 1.34. The lowest BCUT2D eigenvalue weighted by Gasteiger charge is -2.13. The molecule has 3 aromatic rings. The highest BCUT2D eigenvalue weighted by atomic mass is 32.2. The first kappa shape index (κ1) is 18.5. The van der Waals surface area contributed by atoms with E-state index in [-0.39, 0.29) is 5.56 Å². The molecule has 0 aliphatic rings. The smallest absolute Gasteiger partial charge is 0.337 e. The zero-order chi connectivity index (χ0) is 18.5. The number of thioether (sulfide) groups is 2. The monoisotopic (exact) mass is 386 g/mol. The van der Waals surface area contributed by atoms with Crippen molar-refractivity contribution in [2.75, 3.05) is 24.9 Å². The zero-order valence-electron chi connectivity index (χ0n) is 14.5. The molecule has 1 heterocycles. The van der Waals surface area contributed by atoms with Crippen molar-refractivity contribution in [3.63, 3.8) is 0 Å². The molecule has 7 heteroatoms. The van der Waals surface area contributed by atoms with E-state index in [0.29, 0.717) is 21.6 Å². The molecule has 1 aromatic heterocycles. The van der Waals surface area contributed by atoms with Gasteiger partial charge in [-0.2, -0.15) is 11.8 Å². The lowest BCUT2D eigenvalue weighted by Crippen LogP contribution is -2.22. The SMILES string of the molecule is COC(=O)c1ccc2c(=O)n(-c3ccccc3)c(SCCSC)nc2c1. The Balaban J connectivity index is 2.20. The lowest BCUT2D eigenvalue weighted by molar-refractivity contribution is 0.0601. The van der Waals surface area contributed by atoms with Crippen molar-refractivity contribution in [1.82, 2.24) is 9.55 Å². The fourth-order valence-electron chi connectivity index (χ4n) is 2.53. The summed E-state index contributed by atoms with van der Waals surface area (Å²) < 4.78 is 6.39. The molecule has 0 aliphatic carbocycles. The number of nitrogens with zero attached hydrogens (tertiary/aromatic N) is 2. The van der Waals surface area contributed by atoms with E-state index in [1.165, 1.54) is 18.9 Å². The molecule has 3 rings (SSSR count). The van der Waals surface area contributed by atoms with Gasteiger partial charge in [0, 0.05) is 11.5 Å². The lowest BCUT2D eigenvalue weighted by atomic mass is 10.1. The number of fused-ring (bicyclic) bond motifs is 1. The van der Waals surface area contributed by atoms with Crippen molar-refractivity contribution in [1.29, 1.82) is 0 Å². The minimum Gasteiger partial charge on any atom is -0.465 e. The molecule has 0 saturated carbocycles. The first-order valence-electron chi connectivity index (χ1n) is 7.98. The number of rotatable bonds is 6. The summed E-state index contributed by atoms with van der Waals surface area (Å²) in [5, 5.41) is 1.08. The zero-order valence-corrected chi connectivity index (χ0v) is 16.1. The average molecular weight is 386 g/mol. The molecule has 0 amide bonds. The molecule has 0 bridgehead atoms. The van der Waals surface area contributed by atoms with Crippen LogP contribution >= 0.6 is 23.5 Å². The number of carbonyl (C=O) groups excluding carboxylic acids is 1. The van der Waals surface area contributed by atoms with Crippen LogP contribution in [0.3, 0.4) is 0 Å². The molecule has 0 unspecified atom stereocenters. The average Bonchev–Trinajstić information content (AvgIpc) is 2.68. The third-order valence-electron chi connectivity index (χ3n) is 3.79. The van der Waals surface area contributed by atoms with Gasteiger partial charge < -0.3 is 4.74 Å². The van der Waals surface area contributed by atoms with E-state index in [1.54, 1.807) is 34.5 Å². The first-order chi connectivity index (χ1) is 12.7. The number of methoxy groups -OCH3 is 1. The van der Waals surface area contributed by atoms with Crippen LogP contribution in [0, 0.1) is 0 Å². The summed E-state index contributed by atoms with van der Waals surface area (Å²) in [6.45, 7) is 0. The number of benzene rings is 2. The Labute approximate surface area is 159 Å². The number of ether oxygens (including phenoxy) is 1. The molecule has 134 valence electrons. The fraction of sp³-hybridized carbons (Fsp3) is 0.211. The normalized spacial score (nSPS) is 10.8. The summed E-state index contributed by atoms with van der Waals surface area (Å²) in [7, 11) is 1.33. The number of aromatic nitrogens is 2. The van der Waals surface area contributed by atoms with Gasteiger partial charge in [-0.25, -0.2) is 9.78 Å². The van der Waals surface area contributed by atoms with E-state index >= 15 is 0 Å². The third kappa shape index (κ3) is 3.78. The Bertz CT molecular complexity index is 987. The van der Waals surface area contributed by atoms with Gasteiger partial charge >= 0.3 is 5.97 Å². The number of carbonyl (C=O) groups is 1. The Hall–Kier alpha value is -2.25. The molecular formula is C19H18N2O3S2. The molecule has 0 saturated heterocycles. The Morgan fingerprint density at radius 3 is 2.62 bits per heavy atom. The van der Waals surface area contributed by atoms with Crippen molar-refractivity contribution >= 4 is 40.4 Å². The van der Waals surface area contributed by atoms with E-state index in [2.05, 4.69) is 4.98 Å². The van der Waals surface area contributed by atoms with Gasteiger partial charge in [-0.05, 0) is 36.6 Å². The number of hydrogen-bond donors (Lipinski definition) is 0. The topological polar surface area (TPSA) is 61.2 Å². The van der Waals surface area contributed by atoms with E-state index in [9.17, 15) is 9.59 Å². The molecule has 0 radical (unpaired) electrons. The van der Waals surface area contributed by atoms with Crippen molar-refractivity contribution < 1.29 is 9.53 Å². The van der Waals surface area contributed by atoms with Crippen LogP contribution < -0.4 is 5.56 Å². The van der Waals surface area contributed by atoms with Gasteiger partial charge in [-0.1, -0.05) is 30.0 Å². The molecule has 0 aliphatic heterocycles. The van der Waals surface area contributed by atoms with Crippen LogP contribution in [0.4, 0.5) is 0 Å². The van der Waals surface area contributed by atoms with Gasteiger partial charge in [0.2, 0.25) is 0 Å². The second kappa shape index (κ2) is 8.42. The number of hydrogen-bond acceptors (Lipinski definition) is 6. The highest BCUT2D eigenvalue weighted by Crippen LogP contribution is 2.22. The maximum Gasteiger partial charge on any atom is 0.337 e. The molecule has 0 spiro atoms. The quantitative estimate of drug-likeness (QED) is 0.279. The van der Waals surface area contributed by atoms with Crippen LogP contribution in [0.25, 0.3) is 16.6 Å². The summed E-state index contributed by atoms with van der Waals surface area (Å²) in [4.78, 5) is 29.6. The van der Waals surface area contributed by atoms with Crippen LogP contribution in [0.2, 0.25) is 0 Å². The van der Waals surface area contributed by atoms with Gasteiger partial charge in [0.05, 0.1) is 29.3 Å². The van der Waals surface area contributed by atoms with Gasteiger partial charge in [0.1, 0.15) is 0 Å². The molecule has 26 heavy (non-hydrogen) atoms. The Kier molecular flexibility index (Phi) is 6.00. The first-order valence-corrected chi connectivity index (χ1v) is 10.4. The second-order valence-corrected chi connectivity index (χ2v) is 7.48. The highest BCUT2D eigenvalue weighted by Gasteiger charge is 2.15. The summed E-state index contributed by atoms with van der Waals surface area (Å²) in [6, 6.07) is 14.3. The fourth-order valence-corrected chi connectivity index (χ4v) is 4.19. The van der Waals surface area contributed by atoms with E-state index in [1.807, 2.05) is 36.6 Å². The van der Waals surface area contributed by atoms with Crippen LogP contribution in [0.5, 0.6) is 0 Å². The predicted octanol–water partition coefficient (Wildman–Crippen LogP) is 3.63. The molecule has 5 nitrogen and oxygen atoms in total. The van der Waals surface area contributed by atoms with Crippen LogP contribution in [-0.2, 0) is 4.74 Å². The van der Waals surface area contributed by atoms with Crippen LogP contribution in [-0.4, -0.2) is 40.4 Å². The van der Waals surface area contributed by atoms with Gasteiger partial charge in [0.15, 0.2) is 5.16 Å². The molecule has 2 aromatic carbocycles.